The lowest BCUT2D eigenvalue weighted by molar-refractivity contribution is -0.151. The minimum absolute atomic E-state index is 0.406. The van der Waals surface area contributed by atoms with Gasteiger partial charge in [-0.1, -0.05) is 20.8 Å². The van der Waals surface area contributed by atoms with Crippen LogP contribution in [0.25, 0.3) is 0 Å². The second kappa shape index (κ2) is 4.29. The zero-order valence-corrected chi connectivity index (χ0v) is 10.1. The van der Waals surface area contributed by atoms with Gasteiger partial charge in [0, 0.05) is 12.5 Å². The number of hydrogen-bond donors (Lipinski definition) is 0. The van der Waals surface area contributed by atoms with Crippen LogP contribution >= 0.6 is 0 Å². The second-order valence-electron chi connectivity index (χ2n) is 4.62. The number of nitrogens with zero attached hydrogens (tertiary/aromatic N) is 1. The van der Waals surface area contributed by atoms with Crippen molar-refractivity contribution in [2.45, 2.75) is 33.2 Å². The lowest BCUT2D eigenvalue weighted by atomic mass is 9.94. The van der Waals surface area contributed by atoms with Crippen molar-refractivity contribution in [1.82, 2.24) is 4.90 Å². The maximum atomic E-state index is 11.6. The molecule has 6 heteroatoms. The van der Waals surface area contributed by atoms with E-state index in [1.54, 1.807) is 0 Å². The third kappa shape index (κ3) is 2.11. The molecule has 0 aromatic carbocycles. The van der Waals surface area contributed by atoms with E-state index in [0.717, 1.165) is 0 Å². The summed E-state index contributed by atoms with van der Waals surface area (Å²) in [5, 5.41) is 0. The molecular weight excluding hydrogens is 214 g/mol. The summed E-state index contributed by atoms with van der Waals surface area (Å²) in [6.45, 7) is 5.58. The van der Waals surface area contributed by atoms with Crippen LogP contribution in [-0.4, -0.2) is 43.6 Å². The zero-order chi connectivity index (χ0) is 12.5. The number of rotatable bonds is 1. The maximum Gasteiger partial charge on any atom is 0.415 e. The number of ether oxygens (including phenoxy) is 3. The smallest absolute Gasteiger partial charge is 0.415 e. The van der Waals surface area contributed by atoms with E-state index in [1.165, 1.54) is 19.1 Å². The van der Waals surface area contributed by atoms with E-state index in [-0.39, 0.29) is 0 Å². The Bertz CT molecular complexity index is 296. The summed E-state index contributed by atoms with van der Waals surface area (Å²) in [7, 11) is 2.59. The van der Waals surface area contributed by atoms with Gasteiger partial charge in [0.05, 0.1) is 7.11 Å². The van der Waals surface area contributed by atoms with Crippen LogP contribution in [0.2, 0.25) is 0 Å². The first-order chi connectivity index (χ1) is 7.32. The maximum absolute atomic E-state index is 11.6. The van der Waals surface area contributed by atoms with E-state index in [2.05, 4.69) is 4.74 Å². The van der Waals surface area contributed by atoms with E-state index in [4.69, 9.17) is 9.47 Å². The Balaban J connectivity index is 3.02. The van der Waals surface area contributed by atoms with Crippen molar-refractivity contribution in [3.63, 3.8) is 0 Å². The molecule has 2 atom stereocenters. The molecular formula is C10H17NO5. The first-order valence-corrected chi connectivity index (χ1v) is 4.92. The zero-order valence-electron chi connectivity index (χ0n) is 10.1. The molecule has 1 saturated heterocycles. The molecule has 1 fully saturated rings. The van der Waals surface area contributed by atoms with E-state index < -0.39 is 29.9 Å². The Morgan fingerprint density at radius 3 is 2.31 bits per heavy atom. The molecule has 92 valence electrons. The van der Waals surface area contributed by atoms with Gasteiger partial charge in [-0.05, 0) is 0 Å². The number of hydrogen-bond acceptors (Lipinski definition) is 5. The van der Waals surface area contributed by atoms with Crippen LogP contribution in [0.1, 0.15) is 20.8 Å². The van der Waals surface area contributed by atoms with Crippen molar-refractivity contribution in [2.24, 2.45) is 5.41 Å². The summed E-state index contributed by atoms with van der Waals surface area (Å²) in [5.41, 5.74) is -0.406. The molecule has 16 heavy (non-hydrogen) atoms. The molecule has 0 aliphatic carbocycles. The summed E-state index contributed by atoms with van der Waals surface area (Å²) in [4.78, 5) is 24.2. The summed E-state index contributed by atoms with van der Waals surface area (Å²) in [6.07, 6.45) is -2.35. The number of amides is 1. The van der Waals surface area contributed by atoms with Crippen molar-refractivity contribution in [3.8, 4) is 0 Å². The quantitative estimate of drug-likeness (QED) is 0.629. The van der Waals surface area contributed by atoms with Crippen molar-refractivity contribution in [3.05, 3.63) is 0 Å². The predicted molar refractivity (Wildman–Crippen MR) is 54.4 cm³/mol. The normalized spacial score (nSPS) is 25.6. The molecule has 0 N–H and O–H groups in total. The lowest BCUT2D eigenvalue weighted by Gasteiger charge is -2.32. The Hall–Kier alpha value is -1.30. The van der Waals surface area contributed by atoms with Gasteiger partial charge in [-0.2, -0.15) is 0 Å². The fourth-order valence-electron chi connectivity index (χ4n) is 1.56. The number of carbonyl (C=O) groups excluding carboxylic acids is 2. The molecule has 0 spiro atoms. The highest BCUT2D eigenvalue weighted by molar-refractivity contribution is 5.83. The minimum Gasteiger partial charge on any atom is -0.453 e. The second-order valence-corrected chi connectivity index (χ2v) is 4.62. The molecule has 1 heterocycles. The van der Waals surface area contributed by atoms with Gasteiger partial charge in [0.15, 0.2) is 6.23 Å². The van der Waals surface area contributed by atoms with Crippen LogP contribution in [-0.2, 0) is 19.0 Å². The largest absolute Gasteiger partial charge is 0.453 e. The third-order valence-electron chi connectivity index (χ3n) is 2.28. The molecule has 0 bridgehead atoms. The average molecular weight is 231 g/mol. The summed E-state index contributed by atoms with van der Waals surface area (Å²) < 4.78 is 14.7. The van der Waals surface area contributed by atoms with Gasteiger partial charge in [-0.15, -0.1) is 0 Å². The van der Waals surface area contributed by atoms with Gasteiger partial charge in [-0.25, -0.2) is 14.5 Å². The Morgan fingerprint density at radius 2 is 1.94 bits per heavy atom. The van der Waals surface area contributed by atoms with E-state index in [9.17, 15) is 9.59 Å². The first kappa shape index (κ1) is 12.8. The van der Waals surface area contributed by atoms with Crippen LogP contribution in [0.5, 0.6) is 0 Å². The molecule has 0 aromatic heterocycles. The first-order valence-electron chi connectivity index (χ1n) is 4.92. The SMILES string of the molecule is COC(=O)N1[C@H](C(C)(C)C)OC(=O)[C@@H]1OC. The summed E-state index contributed by atoms with van der Waals surface area (Å²) >= 11 is 0. The number of cyclic esters (lactones) is 1. The molecule has 1 amide bonds. The fourth-order valence-corrected chi connectivity index (χ4v) is 1.56. The van der Waals surface area contributed by atoms with Crippen LogP contribution in [0.15, 0.2) is 0 Å². The Kier molecular flexibility index (Phi) is 3.42. The average Bonchev–Trinajstić information content (AvgIpc) is 2.53. The highest BCUT2D eigenvalue weighted by atomic mass is 16.6. The van der Waals surface area contributed by atoms with Crippen LogP contribution < -0.4 is 0 Å². The topological polar surface area (TPSA) is 65.1 Å². The summed E-state index contributed by atoms with van der Waals surface area (Å²) in [6, 6.07) is 0. The van der Waals surface area contributed by atoms with Crippen molar-refractivity contribution in [2.75, 3.05) is 14.2 Å². The van der Waals surface area contributed by atoms with Crippen LogP contribution in [0.3, 0.4) is 0 Å². The Labute approximate surface area is 94.4 Å². The van der Waals surface area contributed by atoms with Crippen LogP contribution in [0.4, 0.5) is 4.79 Å². The molecule has 0 radical (unpaired) electrons. The highest BCUT2D eigenvalue weighted by Gasteiger charge is 2.51. The van der Waals surface area contributed by atoms with Crippen molar-refractivity contribution < 1.29 is 23.8 Å². The summed E-state index contributed by atoms with van der Waals surface area (Å²) in [5.74, 6) is -0.576. The monoisotopic (exact) mass is 231 g/mol. The van der Waals surface area contributed by atoms with Gasteiger partial charge in [0.2, 0.25) is 6.23 Å². The van der Waals surface area contributed by atoms with Gasteiger partial charge in [-0.3, -0.25) is 0 Å². The van der Waals surface area contributed by atoms with E-state index in [1.807, 2.05) is 20.8 Å². The predicted octanol–water partition coefficient (Wildman–Crippen LogP) is 0.956. The molecule has 1 aliphatic rings. The third-order valence-corrected chi connectivity index (χ3v) is 2.28. The lowest BCUT2D eigenvalue weighted by Crippen LogP contribution is -2.48. The Morgan fingerprint density at radius 1 is 1.38 bits per heavy atom. The molecule has 1 rings (SSSR count). The number of methoxy groups -OCH3 is 2. The molecule has 1 aliphatic heterocycles. The van der Waals surface area contributed by atoms with Gasteiger partial charge in [0.1, 0.15) is 0 Å². The van der Waals surface area contributed by atoms with Gasteiger partial charge >= 0.3 is 12.1 Å². The molecule has 0 unspecified atom stereocenters. The number of esters is 1. The van der Waals surface area contributed by atoms with Crippen LogP contribution in [0, 0.1) is 5.41 Å². The standard InChI is InChI=1S/C10H17NO5/c1-10(2,3)8-11(9(13)15-5)6(14-4)7(12)16-8/h6,8H,1-5H3/t6-,8-/m0/s1. The molecule has 0 saturated carbocycles. The number of carbonyl (C=O) groups is 2. The molecule has 6 nitrogen and oxygen atoms in total. The van der Waals surface area contributed by atoms with Crippen molar-refractivity contribution >= 4 is 12.1 Å². The van der Waals surface area contributed by atoms with Gasteiger partial charge in [0.25, 0.3) is 0 Å². The minimum atomic E-state index is -1.03. The fraction of sp³-hybridized carbons (Fsp3) is 0.800. The van der Waals surface area contributed by atoms with Crippen molar-refractivity contribution in [1.29, 1.82) is 0 Å². The van der Waals surface area contributed by atoms with Gasteiger partial charge < -0.3 is 14.2 Å². The molecule has 0 aromatic rings. The van der Waals surface area contributed by atoms with E-state index >= 15 is 0 Å². The van der Waals surface area contributed by atoms with E-state index in [0.29, 0.717) is 0 Å². The highest BCUT2D eigenvalue weighted by Crippen LogP contribution is 2.32.